The maximum absolute atomic E-state index is 11.6. The van der Waals surface area contributed by atoms with E-state index in [9.17, 15) is 9.90 Å². The maximum Gasteiger partial charge on any atom is 0.307 e. The van der Waals surface area contributed by atoms with Crippen LogP contribution in [0.15, 0.2) is 40.9 Å². The fourth-order valence-electron chi connectivity index (χ4n) is 5.26. The van der Waals surface area contributed by atoms with E-state index in [-0.39, 0.29) is 22.9 Å². The van der Waals surface area contributed by atoms with Crippen LogP contribution in [0.1, 0.15) is 68.4 Å². The third kappa shape index (κ3) is 4.27. The van der Waals surface area contributed by atoms with Crippen molar-refractivity contribution in [2.45, 2.75) is 64.6 Å². The fraction of sp³-hybridized carbons (Fsp3) is 0.500. The second-order valence-corrected chi connectivity index (χ2v) is 10.9. The summed E-state index contributed by atoms with van der Waals surface area (Å²) in [5, 5.41) is 9.54. The molecule has 166 valence electrons. The summed E-state index contributed by atoms with van der Waals surface area (Å²) >= 11 is 3.67. The second kappa shape index (κ2) is 8.25. The largest absolute Gasteiger partial charge is 0.489 e. The number of carboxylic acids is 1. The van der Waals surface area contributed by atoms with Crippen molar-refractivity contribution in [2.24, 2.45) is 11.3 Å². The molecule has 0 heterocycles. The number of hydrogen-bond acceptors (Lipinski definition) is 3. The first-order valence-electron chi connectivity index (χ1n) is 11.0. The Balaban J connectivity index is 1.54. The van der Waals surface area contributed by atoms with Gasteiger partial charge in [0, 0.05) is 17.0 Å². The molecular formula is C26H31BrO4. The van der Waals surface area contributed by atoms with Crippen molar-refractivity contribution in [3.05, 3.63) is 63.1 Å². The Morgan fingerprint density at radius 3 is 2.68 bits per heavy atom. The standard InChI is InChI=1S/C26H31BrO4/c1-25(2,3)23(30-4)19-12-16(7-10-22(19)27)15-31-18-9-8-17-6-5-11-26(20(17)13-18)14-21(26)24(28)29/h7-10,12-13,21,23H,5-6,11,14-15H2,1-4H3,(H,28,29)/t21-,23+,26-/m1/s1. The summed E-state index contributed by atoms with van der Waals surface area (Å²) in [6.07, 6.45) is 3.76. The van der Waals surface area contributed by atoms with Gasteiger partial charge in [0.15, 0.2) is 0 Å². The van der Waals surface area contributed by atoms with Gasteiger partial charge in [0.1, 0.15) is 12.4 Å². The Labute approximate surface area is 193 Å². The summed E-state index contributed by atoms with van der Waals surface area (Å²) in [4.78, 5) is 11.6. The van der Waals surface area contributed by atoms with Crippen molar-refractivity contribution in [1.29, 1.82) is 0 Å². The Morgan fingerprint density at radius 1 is 1.26 bits per heavy atom. The third-order valence-corrected chi connectivity index (χ3v) is 7.55. The molecular weight excluding hydrogens is 456 g/mol. The molecule has 2 aliphatic rings. The van der Waals surface area contributed by atoms with Crippen molar-refractivity contribution < 1.29 is 19.4 Å². The SMILES string of the molecule is CO[C@@H](c1cc(COc2ccc3c(c2)[C@@]2(CCC3)C[C@@H]2C(=O)O)ccc1Br)C(C)(C)C. The minimum atomic E-state index is -0.673. The Kier molecular flexibility index (Phi) is 5.95. The highest BCUT2D eigenvalue weighted by Crippen LogP contribution is 2.60. The maximum atomic E-state index is 11.6. The number of halogens is 1. The number of ether oxygens (including phenoxy) is 2. The second-order valence-electron chi connectivity index (χ2n) is 10.0. The minimum absolute atomic E-state index is 0.0332. The van der Waals surface area contributed by atoms with Gasteiger partial charge in [-0.15, -0.1) is 0 Å². The minimum Gasteiger partial charge on any atom is -0.489 e. The molecule has 0 radical (unpaired) electrons. The van der Waals surface area contributed by atoms with Gasteiger partial charge in [-0.2, -0.15) is 0 Å². The predicted molar refractivity (Wildman–Crippen MR) is 124 cm³/mol. The number of carboxylic acid groups (broad SMARTS) is 1. The number of methoxy groups -OCH3 is 1. The van der Waals surface area contributed by atoms with Crippen LogP contribution in [0.5, 0.6) is 5.75 Å². The summed E-state index contributed by atoms with van der Waals surface area (Å²) < 4.78 is 13.0. The lowest BCUT2D eigenvalue weighted by molar-refractivity contribution is -0.139. The van der Waals surface area contributed by atoms with Crippen molar-refractivity contribution in [1.82, 2.24) is 0 Å². The van der Waals surface area contributed by atoms with Gasteiger partial charge in [-0.3, -0.25) is 4.79 Å². The molecule has 4 rings (SSSR count). The zero-order valence-electron chi connectivity index (χ0n) is 18.7. The van der Waals surface area contributed by atoms with Gasteiger partial charge in [0.25, 0.3) is 0 Å². The van der Waals surface area contributed by atoms with Crippen LogP contribution in [0.25, 0.3) is 0 Å². The number of rotatable bonds is 6. The van der Waals surface area contributed by atoms with Crippen LogP contribution in [-0.4, -0.2) is 18.2 Å². The van der Waals surface area contributed by atoms with E-state index in [2.05, 4.69) is 67.0 Å². The van der Waals surface area contributed by atoms with Gasteiger partial charge in [0.2, 0.25) is 0 Å². The van der Waals surface area contributed by atoms with E-state index in [4.69, 9.17) is 9.47 Å². The Hall–Kier alpha value is -1.85. The molecule has 5 heteroatoms. The first-order valence-corrected chi connectivity index (χ1v) is 11.7. The van der Waals surface area contributed by atoms with E-state index in [1.807, 2.05) is 6.07 Å². The van der Waals surface area contributed by atoms with Crippen molar-refractivity contribution in [3.8, 4) is 5.75 Å². The normalized spacial score (nSPS) is 23.3. The molecule has 2 aromatic rings. The highest BCUT2D eigenvalue weighted by molar-refractivity contribution is 9.10. The average Bonchev–Trinajstić information content (AvgIpc) is 3.43. The highest BCUT2D eigenvalue weighted by Gasteiger charge is 2.60. The van der Waals surface area contributed by atoms with E-state index < -0.39 is 5.97 Å². The Morgan fingerprint density at radius 2 is 2.03 bits per heavy atom. The number of hydrogen-bond donors (Lipinski definition) is 1. The van der Waals surface area contributed by atoms with Crippen LogP contribution in [-0.2, 0) is 28.0 Å². The zero-order valence-corrected chi connectivity index (χ0v) is 20.3. The lowest BCUT2D eigenvalue weighted by Crippen LogP contribution is -2.21. The number of aliphatic carboxylic acids is 1. The number of carbonyl (C=O) groups is 1. The van der Waals surface area contributed by atoms with E-state index in [1.165, 1.54) is 11.1 Å². The predicted octanol–water partition coefficient (Wildman–Crippen LogP) is 6.44. The van der Waals surface area contributed by atoms with Gasteiger partial charge >= 0.3 is 5.97 Å². The van der Waals surface area contributed by atoms with Gasteiger partial charge in [-0.05, 0) is 77.6 Å². The highest BCUT2D eigenvalue weighted by atomic mass is 79.9. The van der Waals surface area contributed by atoms with Crippen LogP contribution in [0, 0.1) is 11.3 Å². The molecule has 0 bridgehead atoms. The Bertz CT molecular complexity index is 993. The van der Waals surface area contributed by atoms with Crippen LogP contribution in [0.2, 0.25) is 0 Å². The summed E-state index contributed by atoms with van der Waals surface area (Å²) in [6, 6.07) is 12.5. The third-order valence-electron chi connectivity index (χ3n) is 6.83. The van der Waals surface area contributed by atoms with Crippen molar-refractivity contribution >= 4 is 21.9 Å². The topological polar surface area (TPSA) is 55.8 Å². The van der Waals surface area contributed by atoms with Crippen molar-refractivity contribution in [2.75, 3.05) is 7.11 Å². The van der Waals surface area contributed by atoms with Crippen LogP contribution in [0.4, 0.5) is 0 Å². The quantitative estimate of drug-likeness (QED) is 0.510. The monoisotopic (exact) mass is 486 g/mol. The van der Waals surface area contributed by atoms with Crippen LogP contribution >= 0.6 is 15.9 Å². The van der Waals surface area contributed by atoms with Crippen LogP contribution < -0.4 is 4.74 Å². The molecule has 0 saturated heterocycles. The van der Waals surface area contributed by atoms with E-state index in [0.717, 1.165) is 47.0 Å². The molecule has 0 aliphatic heterocycles. The molecule has 0 amide bonds. The molecule has 1 N–H and O–H groups in total. The van der Waals surface area contributed by atoms with Gasteiger partial charge in [-0.25, -0.2) is 0 Å². The van der Waals surface area contributed by atoms with Gasteiger partial charge in [0.05, 0.1) is 12.0 Å². The summed E-state index contributed by atoms with van der Waals surface area (Å²) in [5.74, 6) is -0.119. The number of benzene rings is 2. The first kappa shape index (κ1) is 22.3. The molecule has 1 spiro atoms. The molecule has 2 aromatic carbocycles. The van der Waals surface area contributed by atoms with E-state index in [0.29, 0.717) is 6.61 Å². The summed E-state index contributed by atoms with van der Waals surface area (Å²) in [6.45, 7) is 6.96. The molecule has 4 nitrogen and oxygen atoms in total. The van der Waals surface area contributed by atoms with E-state index in [1.54, 1.807) is 7.11 Å². The molecule has 31 heavy (non-hydrogen) atoms. The summed E-state index contributed by atoms with van der Waals surface area (Å²) in [5.41, 5.74) is 4.44. The summed E-state index contributed by atoms with van der Waals surface area (Å²) in [7, 11) is 1.75. The van der Waals surface area contributed by atoms with E-state index >= 15 is 0 Å². The van der Waals surface area contributed by atoms with Crippen molar-refractivity contribution in [3.63, 3.8) is 0 Å². The molecule has 3 atom stereocenters. The molecule has 1 fully saturated rings. The molecule has 0 unspecified atom stereocenters. The van der Waals surface area contributed by atoms with Crippen LogP contribution in [0.3, 0.4) is 0 Å². The molecule has 1 saturated carbocycles. The zero-order chi connectivity index (χ0) is 22.4. The molecule has 2 aliphatic carbocycles. The smallest absolute Gasteiger partial charge is 0.307 e. The lowest BCUT2D eigenvalue weighted by Gasteiger charge is -2.30. The molecule has 0 aromatic heterocycles. The number of fused-ring (bicyclic) bond motifs is 2. The number of aryl methyl sites for hydroxylation is 1. The van der Waals surface area contributed by atoms with Gasteiger partial charge < -0.3 is 14.6 Å². The fourth-order valence-corrected chi connectivity index (χ4v) is 5.71. The average molecular weight is 487 g/mol. The lowest BCUT2D eigenvalue weighted by atomic mass is 9.78. The first-order chi connectivity index (χ1) is 14.7. The van der Waals surface area contributed by atoms with Gasteiger partial charge in [-0.1, -0.05) is 48.8 Å².